The molecule has 0 aliphatic carbocycles. The molecule has 0 radical (unpaired) electrons. The topological polar surface area (TPSA) is 75.0 Å². The van der Waals surface area contributed by atoms with Gasteiger partial charge in [-0.3, -0.25) is 0 Å². The Morgan fingerprint density at radius 2 is 1.83 bits per heavy atom. The highest BCUT2D eigenvalue weighted by Crippen LogP contribution is 2.36. The van der Waals surface area contributed by atoms with Crippen molar-refractivity contribution in [2.75, 3.05) is 7.11 Å². The minimum atomic E-state index is 0.106. The highest BCUT2D eigenvalue weighted by atomic mass is 79.9. The van der Waals surface area contributed by atoms with Crippen LogP contribution >= 0.6 is 15.9 Å². The van der Waals surface area contributed by atoms with Crippen LogP contribution in [0.15, 0.2) is 29.0 Å². The van der Waals surface area contributed by atoms with E-state index < -0.39 is 0 Å². The molecule has 0 spiro atoms. The second kappa shape index (κ2) is 6.35. The Labute approximate surface area is 148 Å². The van der Waals surface area contributed by atoms with Gasteiger partial charge in [0, 0.05) is 18.9 Å². The SMILES string of the molecule is COc1nccnc1Oc1ccc2c(nnn2CC(C)(C)C)c1Br. The van der Waals surface area contributed by atoms with Crippen LogP contribution in [0.4, 0.5) is 0 Å². The Kier molecular flexibility index (Phi) is 4.40. The molecule has 1 aromatic carbocycles. The van der Waals surface area contributed by atoms with Gasteiger partial charge in [0.2, 0.25) is 0 Å². The van der Waals surface area contributed by atoms with Gasteiger partial charge in [-0.25, -0.2) is 14.6 Å². The summed E-state index contributed by atoms with van der Waals surface area (Å²) in [6, 6.07) is 3.78. The molecule has 7 nitrogen and oxygen atoms in total. The van der Waals surface area contributed by atoms with Crippen molar-refractivity contribution >= 4 is 27.0 Å². The van der Waals surface area contributed by atoms with E-state index in [2.05, 4.69) is 57.0 Å². The summed E-state index contributed by atoms with van der Waals surface area (Å²) in [6.07, 6.45) is 3.09. The molecule has 126 valence electrons. The van der Waals surface area contributed by atoms with Crippen LogP contribution in [0, 0.1) is 5.41 Å². The van der Waals surface area contributed by atoms with Gasteiger partial charge in [0.25, 0.3) is 11.8 Å². The molecule has 24 heavy (non-hydrogen) atoms. The van der Waals surface area contributed by atoms with Crippen LogP contribution in [0.25, 0.3) is 11.0 Å². The van der Waals surface area contributed by atoms with E-state index in [0.717, 1.165) is 17.6 Å². The molecule has 0 fully saturated rings. The van der Waals surface area contributed by atoms with E-state index in [1.165, 1.54) is 7.11 Å². The molecule has 0 aliphatic heterocycles. The first-order chi connectivity index (χ1) is 11.4. The van der Waals surface area contributed by atoms with Crippen LogP contribution in [0.3, 0.4) is 0 Å². The second-order valence-corrected chi connectivity index (χ2v) is 7.32. The van der Waals surface area contributed by atoms with E-state index in [4.69, 9.17) is 9.47 Å². The van der Waals surface area contributed by atoms with Crippen LogP contribution < -0.4 is 9.47 Å². The summed E-state index contributed by atoms with van der Waals surface area (Å²) in [5.74, 6) is 1.19. The molecule has 0 bridgehead atoms. The van der Waals surface area contributed by atoms with Gasteiger partial charge in [-0.15, -0.1) is 5.10 Å². The van der Waals surface area contributed by atoms with Crippen molar-refractivity contribution in [3.05, 3.63) is 29.0 Å². The number of rotatable bonds is 4. The Morgan fingerprint density at radius 3 is 2.50 bits per heavy atom. The largest absolute Gasteiger partial charge is 0.477 e. The molecule has 8 heteroatoms. The van der Waals surface area contributed by atoms with Gasteiger partial charge < -0.3 is 9.47 Å². The summed E-state index contributed by atoms with van der Waals surface area (Å²) < 4.78 is 13.6. The van der Waals surface area contributed by atoms with Crippen LogP contribution in [0.5, 0.6) is 17.5 Å². The molecule has 3 rings (SSSR count). The quantitative estimate of drug-likeness (QED) is 0.672. The zero-order valence-corrected chi connectivity index (χ0v) is 15.5. The van der Waals surface area contributed by atoms with Crippen LogP contribution in [-0.2, 0) is 6.54 Å². The number of hydrogen-bond acceptors (Lipinski definition) is 6. The summed E-state index contributed by atoms with van der Waals surface area (Å²) in [5.41, 5.74) is 1.78. The fourth-order valence-electron chi connectivity index (χ4n) is 2.26. The Hall–Kier alpha value is -2.22. The number of benzene rings is 1. The lowest BCUT2D eigenvalue weighted by molar-refractivity contribution is 0.327. The first kappa shape index (κ1) is 16.6. The zero-order chi connectivity index (χ0) is 17.3. The normalized spacial score (nSPS) is 11.7. The molecule has 0 amide bonds. The smallest absolute Gasteiger partial charge is 0.283 e. The standard InChI is InChI=1S/C16H18BrN5O2/c1-16(2,3)9-22-10-5-6-11(12(17)13(10)20-21-22)24-15-14(23-4)18-7-8-19-15/h5-8H,9H2,1-4H3. The predicted molar refractivity (Wildman–Crippen MR) is 93.3 cm³/mol. The number of methoxy groups -OCH3 is 1. The number of halogens is 1. The van der Waals surface area contributed by atoms with Crippen molar-refractivity contribution in [2.24, 2.45) is 5.41 Å². The van der Waals surface area contributed by atoms with Crippen molar-refractivity contribution < 1.29 is 9.47 Å². The number of hydrogen-bond donors (Lipinski definition) is 0. The second-order valence-electron chi connectivity index (χ2n) is 6.53. The summed E-state index contributed by atoms with van der Waals surface area (Å²) in [5, 5.41) is 8.52. The van der Waals surface area contributed by atoms with Crippen LogP contribution in [0.2, 0.25) is 0 Å². The molecule has 2 aromatic heterocycles. The Morgan fingerprint density at radius 1 is 1.12 bits per heavy atom. The van der Waals surface area contributed by atoms with E-state index in [1.807, 2.05) is 16.8 Å². The van der Waals surface area contributed by atoms with Crippen molar-refractivity contribution in [2.45, 2.75) is 27.3 Å². The van der Waals surface area contributed by atoms with Crippen molar-refractivity contribution in [3.8, 4) is 17.5 Å². The maximum absolute atomic E-state index is 5.83. The number of nitrogens with zero attached hydrogens (tertiary/aromatic N) is 5. The maximum Gasteiger partial charge on any atom is 0.283 e. The minimum Gasteiger partial charge on any atom is -0.477 e. The van der Waals surface area contributed by atoms with Gasteiger partial charge in [0.1, 0.15) is 11.3 Å². The lowest BCUT2D eigenvalue weighted by Crippen LogP contribution is -2.16. The number of fused-ring (bicyclic) bond motifs is 1. The van der Waals surface area contributed by atoms with Gasteiger partial charge in [-0.05, 0) is 33.5 Å². The van der Waals surface area contributed by atoms with E-state index >= 15 is 0 Å². The average Bonchev–Trinajstić information content (AvgIpc) is 2.92. The maximum atomic E-state index is 5.83. The zero-order valence-electron chi connectivity index (χ0n) is 13.9. The molecule has 0 N–H and O–H groups in total. The lowest BCUT2D eigenvalue weighted by Gasteiger charge is -2.18. The molecule has 0 saturated carbocycles. The third kappa shape index (κ3) is 3.33. The minimum absolute atomic E-state index is 0.106. The molecule has 3 aromatic rings. The van der Waals surface area contributed by atoms with E-state index in [0.29, 0.717) is 22.0 Å². The molecule has 0 saturated heterocycles. The third-order valence-electron chi connectivity index (χ3n) is 3.25. The van der Waals surface area contributed by atoms with Crippen molar-refractivity contribution in [3.63, 3.8) is 0 Å². The summed E-state index contributed by atoms with van der Waals surface area (Å²) in [6.45, 7) is 7.25. The fourth-order valence-corrected chi connectivity index (χ4v) is 2.75. The lowest BCUT2D eigenvalue weighted by atomic mass is 9.97. The number of ether oxygens (including phenoxy) is 2. The summed E-state index contributed by atoms with van der Waals surface area (Å²) in [4.78, 5) is 8.22. The van der Waals surface area contributed by atoms with Gasteiger partial charge >= 0.3 is 0 Å². The Balaban J connectivity index is 1.98. The van der Waals surface area contributed by atoms with Gasteiger partial charge in [-0.2, -0.15) is 0 Å². The average molecular weight is 392 g/mol. The van der Waals surface area contributed by atoms with Crippen LogP contribution in [-0.4, -0.2) is 32.1 Å². The first-order valence-electron chi connectivity index (χ1n) is 7.43. The highest BCUT2D eigenvalue weighted by Gasteiger charge is 2.18. The fraction of sp³-hybridized carbons (Fsp3) is 0.375. The monoisotopic (exact) mass is 391 g/mol. The van der Waals surface area contributed by atoms with E-state index in [9.17, 15) is 0 Å². The summed E-state index contributed by atoms with van der Waals surface area (Å²) in [7, 11) is 1.52. The summed E-state index contributed by atoms with van der Waals surface area (Å²) >= 11 is 3.55. The van der Waals surface area contributed by atoms with Crippen LogP contribution in [0.1, 0.15) is 20.8 Å². The molecular weight excluding hydrogens is 374 g/mol. The van der Waals surface area contributed by atoms with Gasteiger partial charge in [-0.1, -0.05) is 26.0 Å². The predicted octanol–water partition coefficient (Wildman–Crippen LogP) is 3.83. The van der Waals surface area contributed by atoms with E-state index in [1.54, 1.807) is 12.4 Å². The third-order valence-corrected chi connectivity index (χ3v) is 4.01. The molecule has 0 atom stereocenters. The first-order valence-corrected chi connectivity index (χ1v) is 8.23. The van der Waals surface area contributed by atoms with Gasteiger partial charge in [0.05, 0.1) is 17.1 Å². The molecule has 2 heterocycles. The molecule has 0 unspecified atom stereocenters. The van der Waals surface area contributed by atoms with E-state index in [-0.39, 0.29) is 5.41 Å². The van der Waals surface area contributed by atoms with Crippen molar-refractivity contribution in [1.29, 1.82) is 0 Å². The molecular formula is C16H18BrN5O2. The van der Waals surface area contributed by atoms with Crippen molar-refractivity contribution in [1.82, 2.24) is 25.0 Å². The molecule has 0 aliphatic rings. The highest BCUT2D eigenvalue weighted by molar-refractivity contribution is 9.10. The van der Waals surface area contributed by atoms with Gasteiger partial charge in [0.15, 0.2) is 0 Å². The number of aromatic nitrogens is 5. The Bertz CT molecular complexity index is 873.